The van der Waals surface area contributed by atoms with Gasteiger partial charge in [0.2, 0.25) is 5.91 Å². The molecule has 1 rings (SSSR count). The molecule has 0 spiro atoms. The van der Waals surface area contributed by atoms with Crippen molar-refractivity contribution in [3.05, 3.63) is 28.2 Å². The van der Waals surface area contributed by atoms with Gasteiger partial charge in [0, 0.05) is 4.47 Å². The predicted octanol–water partition coefficient (Wildman–Crippen LogP) is 3.59. The minimum Gasteiger partial charge on any atom is -0.324 e. The number of hydrogen-bond donors (Lipinski definition) is 1. The van der Waals surface area contributed by atoms with Crippen LogP contribution < -0.4 is 5.32 Å². The number of carbonyl (C=O) groups is 1. The van der Waals surface area contributed by atoms with Crippen LogP contribution in [0.25, 0.3) is 0 Å². The highest BCUT2D eigenvalue weighted by Gasteiger charge is 2.35. The van der Waals surface area contributed by atoms with E-state index < -0.39 is 5.41 Å². The van der Waals surface area contributed by atoms with Crippen molar-refractivity contribution in [3.63, 3.8) is 0 Å². The molecule has 0 aliphatic carbocycles. The lowest BCUT2D eigenvalue weighted by atomic mass is 9.83. The zero-order valence-electron chi connectivity index (χ0n) is 10.8. The average Bonchev–Trinajstić information content (AvgIpc) is 2.43. The van der Waals surface area contributed by atoms with Crippen LogP contribution in [0.1, 0.15) is 32.3 Å². The quantitative estimate of drug-likeness (QED) is 0.921. The van der Waals surface area contributed by atoms with E-state index in [4.69, 9.17) is 5.26 Å². The molecule has 1 aromatic rings. The van der Waals surface area contributed by atoms with Crippen molar-refractivity contribution in [1.29, 1.82) is 10.5 Å². The van der Waals surface area contributed by atoms with Gasteiger partial charge in [0.05, 0.1) is 23.4 Å². The van der Waals surface area contributed by atoms with Gasteiger partial charge < -0.3 is 5.32 Å². The Morgan fingerprint density at radius 3 is 2.42 bits per heavy atom. The number of rotatable bonds is 4. The average molecular weight is 320 g/mol. The van der Waals surface area contributed by atoms with E-state index in [9.17, 15) is 10.1 Å². The van der Waals surface area contributed by atoms with E-state index in [2.05, 4.69) is 27.3 Å². The molecule has 0 radical (unpaired) electrons. The fourth-order valence-electron chi connectivity index (χ4n) is 1.71. The molecule has 0 saturated heterocycles. The van der Waals surface area contributed by atoms with Gasteiger partial charge in [0.25, 0.3) is 0 Å². The molecule has 0 bridgehead atoms. The minimum atomic E-state index is -1.01. The molecular weight excluding hydrogens is 306 g/mol. The molecule has 1 amide bonds. The highest BCUT2D eigenvalue weighted by molar-refractivity contribution is 9.10. The largest absolute Gasteiger partial charge is 0.324 e. The summed E-state index contributed by atoms with van der Waals surface area (Å²) in [7, 11) is 0. The fourth-order valence-corrected chi connectivity index (χ4v) is 2.19. The third-order valence-corrected chi connectivity index (χ3v) is 3.86. The van der Waals surface area contributed by atoms with Gasteiger partial charge in [0.1, 0.15) is 5.41 Å². The zero-order valence-corrected chi connectivity index (χ0v) is 12.4. The van der Waals surface area contributed by atoms with Crippen LogP contribution in [0.2, 0.25) is 0 Å². The Morgan fingerprint density at radius 2 is 2.00 bits per heavy atom. The Morgan fingerprint density at radius 1 is 1.37 bits per heavy atom. The summed E-state index contributed by atoms with van der Waals surface area (Å²) in [6.45, 7) is 3.64. The summed E-state index contributed by atoms with van der Waals surface area (Å²) in [5, 5.41) is 20.7. The standard InChI is InChI=1S/C14H14BrN3O/c1-3-14(4-2,9-17)13(19)18-12-6-5-10(8-16)7-11(12)15/h5-7H,3-4H2,1-2H3,(H,18,19). The molecule has 0 heterocycles. The fraction of sp³-hybridized carbons (Fsp3) is 0.357. The van der Waals surface area contributed by atoms with E-state index in [1.54, 1.807) is 18.2 Å². The van der Waals surface area contributed by atoms with E-state index in [0.717, 1.165) is 0 Å². The molecule has 1 aromatic carbocycles. The van der Waals surface area contributed by atoms with Crippen molar-refractivity contribution in [3.8, 4) is 12.1 Å². The molecule has 19 heavy (non-hydrogen) atoms. The van der Waals surface area contributed by atoms with Crippen molar-refractivity contribution in [2.24, 2.45) is 5.41 Å². The summed E-state index contributed by atoms with van der Waals surface area (Å²) < 4.78 is 0.624. The molecular formula is C14H14BrN3O. The van der Waals surface area contributed by atoms with E-state index in [-0.39, 0.29) is 5.91 Å². The Bertz CT molecular complexity index is 565. The summed E-state index contributed by atoms with van der Waals surface area (Å²) >= 11 is 3.30. The lowest BCUT2D eigenvalue weighted by Gasteiger charge is -2.22. The van der Waals surface area contributed by atoms with Crippen LogP contribution in [-0.4, -0.2) is 5.91 Å². The molecule has 4 nitrogen and oxygen atoms in total. The van der Waals surface area contributed by atoms with Crippen molar-refractivity contribution >= 4 is 27.5 Å². The van der Waals surface area contributed by atoms with Gasteiger partial charge in [-0.25, -0.2) is 0 Å². The number of nitrogens with zero attached hydrogens (tertiary/aromatic N) is 2. The van der Waals surface area contributed by atoms with Crippen LogP contribution in [0.15, 0.2) is 22.7 Å². The van der Waals surface area contributed by atoms with E-state index in [0.29, 0.717) is 28.6 Å². The van der Waals surface area contributed by atoms with Crippen LogP contribution in [0, 0.1) is 28.1 Å². The summed E-state index contributed by atoms with van der Waals surface area (Å²) in [6, 6.07) is 9.01. The Balaban J connectivity index is 3.01. The number of nitriles is 2. The maximum atomic E-state index is 12.2. The van der Waals surface area contributed by atoms with E-state index in [1.165, 1.54) is 0 Å². The van der Waals surface area contributed by atoms with Crippen LogP contribution in [0.3, 0.4) is 0 Å². The second-order valence-corrected chi connectivity index (χ2v) is 5.02. The monoisotopic (exact) mass is 319 g/mol. The molecule has 0 aliphatic heterocycles. The van der Waals surface area contributed by atoms with Crippen molar-refractivity contribution in [2.45, 2.75) is 26.7 Å². The van der Waals surface area contributed by atoms with Crippen molar-refractivity contribution in [2.75, 3.05) is 5.32 Å². The van der Waals surface area contributed by atoms with Gasteiger partial charge in [-0.3, -0.25) is 4.79 Å². The molecule has 0 unspecified atom stereocenters. The van der Waals surface area contributed by atoms with Crippen LogP contribution in [-0.2, 0) is 4.79 Å². The zero-order chi connectivity index (χ0) is 14.5. The maximum absolute atomic E-state index is 12.2. The first-order chi connectivity index (χ1) is 9.02. The van der Waals surface area contributed by atoms with Gasteiger partial charge in [-0.05, 0) is 47.0 Å². The Kier molecular flexibility index (Phi) is 5.09. The number of anilines is 1. The molecule has 0 aromatic heterocycles. The lowest BCUT2D eigenvalue weighted by molar-refractivity contribution is -0.123. The van der Waals surface area contributed by atoms with Crippen molar-refractivity contribution < 1.29 is 4.79 Å². The molecule has 0 atom stereocenters. The molecule has 0 aliphatic rings. The summed E-state index contributed by atoms with van der Waals surface area (Å²) in [5.74, 6) is -0.314. The highest BCUT2D eigenvalue weighted by atomic mass is 79.9. The first kappa shape index (κ1) is 15.2. The number of nitrogens with one attached hydrogen (secondary N) is 1. The van der Waals surface area contributed by atoms with Crippen LogP contribution in [0.4, 0.5) is 5.69 Å². The normalized spacial score (nSPS) is 10.4. The number of amides is 1. The second-order valence-electron chi connectivity index (χ2n) is 4.16. The maximum Gasteiger partial charge on any atom is 0.244 e. The minimum absolute atomic E-state index is 0.314. The Labute approximate surface area is 121 Å². The smallest absolute Gasteiger partial charge is 0.244 e. The summed E-state index contributed by atoms with van der Waals surface area (Å²) in [4.78, 5) is 12.2. The first-order valence-electron chi connectivity index (χ1n) is 5.95. The molecule has 0 fully saturated rings. The topological polar surface area (TPSA) is 76.7 Å². The van der Waals surface area contributed by atoms with Crippen LogP contribution in [0.5, 0.6) is 0 Å². The molecule has 5 heteroatoms. The number of benzene rings is 1. The third kappa shape index (κ3) is 3.13. The van der Waals surface area contributed by atoms with Gasteiger partial charge >= 0.3 is 0 Å². The SMILES string of the molecule is CCC(C#N)(CC)C(=O)Nc1ccc(C#N)cc1Br. The van der Waals surface area contributed by atoms with Gasteiger partial charge in [-0.15, -0.1) is 0 Å². The van der Waals surface area contributed by atoms with Gasteiger partial charge in [0.15, 0.2) is 0 Å². The molecule has 98 valence electrons. The number of carbonyl (C=O) groups excluding carboxylic acids is 1. The highest BCUT2D eigenvalue weighted by Crippen LogP contribution is 2.30. The van der Waals surface area contributed by atoms with Crippen LogP contribution >= 0.6 is 15.9 Å². The van der Waals surface area contributed by atoms with E-state index in [1.807, 2.05) is 19.9 Å². The lowest BCUT2D eigenvalue weighted by Crippen LogP contribution is -2.34. The number of hydrogen-bond acceptors (Lipinski definition) is 3. The summed E-state index contributed by atoms with van der Waals surface area (Å²) in [5.41, 5.74) is 0.0563. The van der Waals surface area contributed by atoms with Gasteiger partial charge in [-0.1, -0.05) is 13.8 Å². The summed E-state index contributed by atoms with van der Waals surface area (Å²) in [6.07, 6.45) is 0.916. The third-order valence-electron chi connectivity index (χ3n) is 3.20. The van der Waals surface area contributed by atoms with E-state index >= 15 is 0 Å². The van der Waals surface area contributed by atoms with Crippen molar-refractivity contribution in [1.82, 2.24) is 0 Å². The molecule has 1 N–H and O–H groups in total. The predicted molar refractivity (Wildman–Crippen MR) is 76.1 cm³/mol. The second kappa shape index (κ2) is 6.36. The number of halogens is 1. The van der Waals surface area contributed by atoms with Gasteiger partial charge in [-0.2, -0.15) is 10.5 Å². The first-order valence-corrected chi connectivity index (χ1v) is 6.74. The molecule has 0 saturated carbocycles. The Hall–Kier alpha value is -1.85.